The van der Waals surface area contributed by atoms with Gasteiger partial charge in [-0.15, -0.1) is 0 Å². The molecule has 0 atom stereocenters. The molecule has 3 N–H and O–H groups in total. The molecule has 2 nitrogen and oxygen atoms in total. The Hall–Kier alpha value is -0.860. The van der Waals surface area contributed by atoms with Crippen molar-refractivity contribution < 1.29 is 0 Å². The second kappa shape index (κ2) is 6.77. The van der Waals surface area contributed by atoms with Crippen LogP contribution in [0.5, 0.6) is 0 Å². The van der Waals surface area contributed by atoms with Gasteiger partial charge in [-0.2, -0.15) is 0 Å². The van der Waals surface area contributed by atoms with Crippen LogP contribution in [0.15, 0.2) is 30.3 Å². The van der Waals surface area contributed by atoms with Crippen LogP contribution in [0.4, 0.5) is 0 Å². The highest BCUT2D eigenvalue weighted by Crippen LogP contribution is 2.22. The summed E-state index contributed by atoms with van der Waals surface area (Å²) in [5.74, 6) is 0.852. The van der Waals surface area contributed by atoms with Crippen molar-refractivity contribution >= 4 is 0 Å². The monoisotopic (exact) mass is 232 g/mol. The average Bonchev–Trinajstić information content (AvgIpc) is 2.38. The van der Waals surface area contributed by atoms with Crippen molar-refractivity contribution in [3.8, 4) is 0 Å². The lowest BCUT2D eigenvalue weighted by Gasteiger charge is -2.26. The average molecular weight is 232 g/mol. The van der Waals surface area contributed by atoms with E-state index in [1.54, 1.807) is 0 Å². The number of benzene rings is 1. The summed E-state index contributed by atoms with van der Waals surface area (Å²) in [6, 6.07) is 11.1. The molecule has 94 valence electrons. The molecule has 0 aliphatic heterocycles. The van der Waals surface area contributed by atoms with E-state index in [2.05, 4.69) is 35.6 Å². The lowest BCUT2D eigenvalue weighted by molar-refractivity contribution is 0.315. The van der Waals surface area contributed by atoms with E-state index >= 15 is 0 Å². The van der Waals surface area contributed by atoms with Crippen molar-refractivity contribution in [2.24, 2.45) is 11.7 Å². The predicted molar refractivity (Wildman–Crippen MR) is 72.9 cm³/mol. The lowest BCUT2D eigenvalue weighted by Crippen LogP contribution is -2.32. The molecule has 1 aliphatic rings. The van der Waals surface area contributed by atoms with Crippen molar-refractivity contribution in [2.45, 2.75) is 38.1 Å². The van der Waals surface area contributed by atoms with E-state index < -0.39 is 0 Å². The van der Waals surface area contributed by atoms with Crippen molar-refractivity contribution in [2.75, 3.05) is 13.1 Å². The molecule has 1 aliphatic carbocycles. The van der Waals surface area contributed by atoms with Gasteiger partial charge in [0, 0.05) is 6.04 Å². The first-order valence-electron chi connectivity index (χ1n) is 6.85. The number of hydrogen-bond donors (Lipinski definition) is 2. The molecule has 1 aromatic carbocycles. The largest absolute Gasteiger partial charge is 0.328 e. The Morgan fingerprint density at radius 1 is 1.06 bits per heavy atom. The SMILES string of the molecule is NC1CCC(CNCCc2ccccc2)CC1. The summed E-state index contributed by atoms with van der Waals surface area (Å²) in [5, 5.41) is 3.58. The maximum absolute atomic E-state index is 5.91. The van der Waals surface area contributed by atoms with Gasteiger partial charge in [-0.05, 0) is 56.7 Å². The van der Waals surface area contributed by atoms with Gasteiger partial charge in [-0.1, -0.05) is 30.3 Å². The van der Waals surface area contributed by atoms with Crippen molar-refractivity contribution in [3.63, 3.8) is 0 Å². The first kappa shape index (κ1) is 12.6. The van der Waals surface area contributed by atoms with Crippen LogP contribution in [0.3, 0.4) is 0 Å². The maximum Gasteiger partial charge on any atom is 0.00390 e. The molecule has 1 saturated carbocycles. The summed E-state index contributed by atoms with van der Waals surface area (Å²) >= 11 is 0. The van der Waals surface area contributed by atoms with Crippen LogP contribution in [0.25, 0.3) is 0 Å². The predicted octanol–water partition coefficient (Wildman–Crippen LogP) is 2.34. The summed E-state index contributed by atoms with van der Waals surface area (Å²) in [6.45, 7) is 2.26. The van der Waals surface area contributed by atoms with Gasteiger partial charge in [0.05, 0.1) is 0 Å². The molecule has 1 aromatic rings. The molecule has 2 rings (SSSR count). The fraction of sp³-hybridized carbons (Fsp3) is 0.600. The van der Waals surface area contributed by atoms with Gasteiger partial charge in [0.2, 0.25) is 0 Å². The highest BCUT2D eigenvalue weighted by Gasteiger charge is 2.17. The first-order chi connectivity index (χ1) is 8.34. The second-order valence-corrected chi connectivity index (χ2v) is 5.22. The standard InChI is InChI=1S/C15H24N2/c16-15-8-6-14(7-9-15)12-17-11-10-13-4-2-1-3-5-13/h1-5,14-15,17H,6-12,16H2. The highest BCUT2D eigenvalue weighted by atomic mass is 14.9. The molecule has 1 fully saturated rings. The second-order valence-electron chi connectivity index (χ2n) is 5.22. The quantitative estimate of drug-likeness (QED) is 0.765. The van der Waals surface area contributed by atoms with Crippen LogP contribution in [0, 0.1) is 5.92 Å². The maximum atomic E-state index is 5.91. The Balaban J connectivity index is 1.57. The normalized spacial score (nSPS) is 24.8. The molecule has 0 amide bonds. The summed E-state index contributed by atoms with van der Waals surface area (Å²) in [6.07, 6.45) is 6.17. The number of nitrogens with two attached hydrogens (primary N) is 1. The zero-order valence-corrected chi connectivity index (χ0v) is 10.6. The Bertz CT molecular complexity index is 302. The van der Waals surface area contributed by atoms with Crippen LogP contribution < -0.4 is 11.1 Å². The molecule has 0 heterocycles. The van der Waals surface area contributed by atoms with E-state index in [1.165, 1.54) is 37.8 Å². The Kier molecular flexibility index (Phi) is 5.02. The summed E-state index contributed by atoms with van der Waals surface area (Å²) < 4.78 is 0. The van der Waals surface area contributed by atoms with Crippen LogP contribution in [0.1, 0.15) is 31.2 Å². The van der Waals surface area contributed by atoms with Crippen LogP contribution >= 0.6 is 0 Å². The third kappa shape index (κ3) is 4.49. The van der Waals surface area contributed by atoms with E-state index in [0.29, 0.717) is 6.04 Å². The van der Waals surface area contributed by atoms with Crippen LogP contribution in [-0.4, -0.2) is 19.1 Å². The van der Waals surface area contributed by atoms with Gasteiger partial charge in [-0.3, -0.25) is 0 Å². The van der Waals surface area contributed by atoms with Gasteiger partial charge < -0.3 is 11.1 Å². The minimum Gasteiger partial charge on any atom is -0.328 e. The van der Waals surface area contributed by atoms with Crippen LogP contribution in [-0.2, 0) is 6.42 Å². The third-order valence-corrected chi connectivity index (χ3v) is 3.76. The van der Waals surface area contributed by atoms with Crippen LogP contribution in [0.2, 0.25) is 0 Å². The Morgan fingerprint density at radius 3 is 2.47 bits per heavy atom. The highest BCUT2D eigenvalue weighted by molar-refractivity contribution is 5.14. The molecule has 0 unspecified atom stereocenters. The fourth-order valence-electron chi connectivity index (χ4n) is 2.58. The zero-order valence-electron chi connectivity index (χ0n) is 10.6. The van der Waals surface area contributed by atoms with Gasteiger partial charge in [0.25, 0.3) is 0 Å². The third-order valence-electron chi connectivity index (χ3n) is 3.76. The molecular weight excluding hydrogens is 208 g/mol. The number of hydrogen-bond acceptors (Lipinski definition) is 2. The minimum absolute atomic E-state index is 0.468. The zero-order chi connectivity index (χ0) is 11.9. The lowest BCUT2D eigenvalue weighted by atomic mass is 9.86. The molecule has 0 saturated heterocycles. The molecule has 17 heavy (non-hydrogen) atoms. The summed E-state index contributed by atoms with van der Waals surface area (Å²) in [7, 11) is 0. The Labute approximate surface area is 105 Å². The van der Waals surface area contributed by atoms with Gasteiger partial charge >= 0.3 is 0 Å². The van der Waals surface area contributed by atoms with Crippen molar-refractivity contribution in [1.82, 2.24) is 5.32 Å². The van der Waals surface area contributed by atoms with E-state index in [9.17, 15) is 0 Å². The summed E-state index contributed by atoms with van der Waals surface area (Å²) in [4.78, 5) is 0. The van der Waals surface area contributed by atoms with E-state index in [0.717, 1.165) is 18.9 Å². The van der Waals surface area contributed by atoms with Gasteiger partial charge in [0.15, 0.2) is 0 Å². The number of rotatable bonds is 5. The van der Waals surface area contributed by atoms with Gasteiger partial charge in [-0.25, -0.2) is 0 Å². The minimum atomic E-state index is 0.468. The topological polar surface area (TPSA) is 38.0 Å². The Morgan fingerprint density at radius 2 is 1.76 bits per heavy atom. The molecule has 0 radical (unpaired) electrons. The molecular formula is C15H24N2. The van der Waals surface area contributed by atoms with Crippen molar-refractivity contribution in [3.05, 3.63) is 35.9 Å². The first-order valence-corrected chi connectivity index (χ1v) is 6.85. The van der Waals surface area contributed by atoms with E-state index in [4.69, 9.17) is 5.73 Å². The molecule has 0 spiro atoms. The molecule has 0 aromatic heterocycles. The smallest absolute Gasteiger partial charge is 0.00390 e. The number of nitrogens with one attached hydrogen (secondary N) is 1. The van der Waals surface area contributed by atoms with E-state index in [-0.39, 0.29) is 0 Å². The fourth-order valence-corrected chi connectivity index (χ4v) is 2.58. The van der Waals surface area contributed by atoms with Gasteiger partial charge in [0.1, 0.15) is 0 Å². The van der Waals surface area contributed by atoms with Crippen molar-refractivity contribution in [1.29, 1.82) is 0 Å². The van der Waals surface area contributed by atoms with E-state index in [1.807, 2.05) is 0 Å². The molecule has 0 bridgehead atoms. The molecule has 2 heteroatoms. The summed E-state index contributed by atoms with van der Waals surface area (Å²) in [5.41, 5.74) is 7.33.